The molecular formula is C16H21N5O5. The molecule has 1 heterocycles. The van der Waals surface area contributed by atoms with E-state index in [0.717, 1.165) is 0 Å². The molecule has 2 N–H and O–H groups in total. The molecule has 140 valence electrons. The second-order valence-electron chi connectivity index (χ2n) is 5.15. The van der Waals surface area contributed by atoms with Crippen LogP contribution < -0.4 is 19.7 Å². The van der Waals surface area contributed by atoms with E-state index in [0.29, 0.717) is 23.7 Å². The summed E-state index contributed by atoms with van der Waals surface area (Å²) in [7, 11) is 3.02. The first-order valence-corrected chi connectivity index (χ1v) is 7.89. The van der Waals surface area contributed by atoms with Crippen LogP contribution in [0.1, 0.15) is 6.92 Å². The molecule has 0 saturated carbocycles. The summed E-state index contributed by atoms with van der Waals surface area (Å²) in [5.74, 6) is 1.20. The van der Waals surface area contributed by atoms with Crippen molar-refractivity contribution in [1.82, 2.24) is 9.97 Å². The van der Waals surface area contributed by atoms with Crippen LogP contribution in [0.5, 0.6) is 11.5 Å². The SMILES string of the molecule is CCN(CCO)c1ncnc(Nc2ccc(OC)cc2OC)c1[N+](=O)[O-]. The zero-order valence-electron chi connectivity index (χ0n) is 14.8. The molecule has 0 radical (unpaired) electrons. The maximum atomic E-state index is 11.7. The van der Waals surface area contributed by atoms with E-state index >= 15 is 0 Å². The zero-order valence-corrected chi connectivity index (χ0v) is 14.8. The van der Waals surface area contributed by atoms with Gasteiger partial charge < -0.3 is 24.8 Å². The number of hydrogen-bond donors (Lipinski definition) is 2. The van der Waals surface area contributed by atoms with Gasteiger partial charge in [-0.15, -0.1) is 0 Å². The molecule has 0 aliphatic rings. The number of rotatable bonds is 9. The standard InChI is InChI=1S/C16H21N5O5/c1-4-20(7-8-22)16-14(21(23)24)15(17-10-18-16)19-12-6-5-11(25-2)9-13(12)26-3/h5-6,9-10,22H,4,7-8H2,1-3H3,(H,17,18,19). The summed E-state index contributed by atoms with van der Waals surface area (Å²) >= 11 is 0. The van der Waals surface area contributed by atoms with E-state index in [4.69, 9.17) is 9.47 Å². The topological polar surface area (TPSA) is 123 Å². The number of aromatic nitrogens is 2. The Hall–Kier alpha value is -3.14. The first-order valence-electron chi connectivity index (χ1n) is 7.89. The van der Waals surface area contributed by atoms with Crippen molar-refractivity contribution in [3.8, 4) is 11.5 Å². The van der Waals surface area contributed by atoms with Crippen molar-refractivity contribution in [2.75, 3.05) is 44.1 Å². The number of nitro groups is 1. The van der Waals surface area contributed by atoms with E-state index in [2.05, 4.69) is 15.3 Å². The lowest BCUT2D eigenvalue weighted by atomic mass is 10.2. The number of aliphatic hydroxyl groups is 1. The number of benzene rings is 1. The highest BCUT2D eigenvalue weighted by atomic mass is 16.6. The lowest BCUT2D eigenvalue weighted by Gasteiger charge is -2.21. The average Bonchev–Trinajstić information content (AvgIpc) is 2.66. The normalized spacial score (nSPS) is 10.3. The van der Waals surface area contributed by atoms with Gasteiger partial charge in [0.2, 0.25) is 11.6 Å². The Bertz CT molecular complexity index is 771. The first-order chi connectivity index (χ1) is 12.5. The summed E-state index contributed by atoms with van der Waals surface area (Å²) in [6.07, 6.45) is 1.24. The molecule has 1 aromatic heterocycles. The van der Waals surface area contributed by atoms with Crippen LogP contribution in [-0.2, 0) is 0 Å². The molecule has 10 heteroatoms. The minimum atomic E-state index is -0.548. The quantitative estimate of drug-likeness (QED) is 0.508. The third kappa shape index (κ3) is 4.09. The largest absolute Gasteiger partial charge is 0.497 e. The van der Waals surface area contributed by atoms with Crippen molar-refractivity contribution >= 4 is 23.0 Å². The minimum Gasteiger partial charge on any atom is -0.497 e. The summed E-state index contributed by atoms with van der Waals surface area (Å²) in [5.41, 5.74) is 0.215. The van der Waals surface area contributed by atoms with Crippen LogP contribution in [0.4, 0.5) is 23.0 Å². The van der Waals surface area contributed by atoms with Gasteiger partial charge in [-0.25, -0.2) is 9.97 Å². The monoisotopic (exact) mass is 363 g/mol. The highest BCUT2D eigenvalue weighted by Crippen LogP contribution is 2.37. The number of nitrogens with one attached hydrogen (secondary N) is 1. The number of hydrogen-bond acceptors (Lipinski definition) is 9. The maximum absolute atomic E-state index is 11.7. The average molecular weight is 363 g/mol. The van der Waals surface area contributed by atoms with Crippen molar-refractivity contribution in [2.45, 2.75) is 6.92 Å². The maximum Gasteiger partial charge on any atom is 0.353 e. The molecule has 0 spiro atoms. The van der Waals surface area contributed by atoms with Crippen LogP contribution in [0.15, 0.2) is 24.5 Å². The molecule has 0 atom stereocenters. The molecule has 2 rings (SSSR count). The van der Waals surface area contributed by atoms with Crippen molar-refractivity contribution in [2.24, 2.45) is 0 Å². The van der Waals surface area contributed by atoms with Crippen LogP contribution >= 0.6 is 0 Å². The number of methoxy groups -OCH3 is 2. The predicted molar refractivity (Wildman–Crippen MR) is 96.5 cm³/mol. The van der Waals surface area contributed by atoms with Crippen LogP contribution in [0, 0.1) is 10.1 Å². The minimum absolute atomic E-state index is 0.0276. The number of ether oxygens (including phenoxy) is 2. The van der Waals surface area contributed by atoms with E-state index in [1.807, 2.05) is 6.92 Å². The Morgan fingerprint density at radius 1 is 1.31 bits per heavy atom. The Morgan fingerprint density at radius 2 is 2.08 bits per heavy atom. The third-order valence-electron chi connectivity index (χ3n) is 3.70. The van der Waals surface area contributed by atoms with Gasteiger partial charge in [-0.2, -0.15) is 0 Å². The van der Waals surface area contributed by atoms with Crippen molar-refractivity contribution in [3.63, 3.8) is 0 Å². The molecule has 0 amide bonds. The summed E-state index contributed by atoms with van der Waals surface area (Å²) in [5, 5.41) is 23.8. The van der Waals surface area contributed by atoms with Crippen molar-refractivity contribution in [3.05, 3.63) is 34.6 Å². The van der Waals surface area contributed by atoms with Crippen molar-refractivity contribution < 1.29 is 19.5 Å². The molecule has 0 saturated heterocycles. The number of aliphatic hydroxyl groups excluding tert-OH is 1. The Labute approximate surface area is 150 Å². The van der Waals surface area contributed by atoms with Gasteiger partial charge in [0.1, 0.15) is 17.8 Å². The Kier molecular flexibility index (Phi) is 6.50. The van der Waals surface area contributed by atoms with Crippen LogP contribution in [-0.4, -0.2) is 53.9 Å². The van der Waals surface area contributed by atoms with Gasteiger partial charge in [0.05, 0.1) is 31.4 Å². The summed E-state index contributed by atoms with van der Waals surface area (Å²) in [4.78, 5) is 20.8. The van der Waals surface area contributed by atoms with Crippen LogP contribution in [0.3, 0.4) is 0 Å². The van der Waals surface area contributed by atoms with E-state index in [1.54, 1.807) is 23.1 Å². The van der Waals surface area contributed by atoms with Crippen LogP contribution in [0.25, 0.3) is 0 Å². The van der Waals surface area contributed by atoms with Gasteiger partial charge in [0.15, 0.2) is 0 Å². The lowest BCUT2D eigenvalue weighted by molar-refractivity contribution is -0.383. The second kappa shape index (κ2) is 8.81. The highest BCUT2D eigenvalue weighted by Gasteiger charge is 2.27. The lowest BCUT2D eigenvalue weighted by Crippen LogP contribution is -2.28. The first kappa shape index (κ1) is 19.2. The van der Waals surface area contributed by atoms with Gasteiger partial charge in [-0.05, 0) is 19.1 Å². The van der Waals surface area contributed by atoms with Gasteiger partial charge >= 0.3 is 5.69 Å². The molecule has 0 aliphatic heterocycles. The molecule has 2 aromatic rings. The molecule has 0 fully saturated rings. The molecule has 0 unspecified atom stereocenters. The van der Waals surface area contributed by atoms with Gasteiger partial charge in [-0.1, -0.05) is 0 Å². The second-order valence-corrected chi connectivity index (χ2v) is 5.15. The molecule has 0 aliphatic carbocycles. The summed E-state index contributed by atoms with van der Waals surface area (Å²) in [6.45, 7) is 2.34. The summed E-state index contributed by atoms with van der Waals surface area (Å²) < 4.78 is 10.4. The number of nitrogens with zero attached hydrogens (tertiary/aromatic N) is 4. The highest BCUT2D eigenvalue weighted by molar-refractivity contribution is 5.76. The fourth-order valence-corrected chi connectivity index (χ4v) is 2.42. The van der Waals surface area contributed by atoms with Gasteiger partial charge in [0, 0.05) is 19.2 Å². The fraction of sp³-hybridized carbons (Fsp3) is 0.375. The third-order valence-corrected chi connectivity index (χ3v) is 3.70. The molecule has 1 aromatic carbocycles. The fourth-order valence-electron chi connectivity index (χ4n) is 2.42. The summed E-state index contributed by atoms with van der Waals surface area (Å²) in [6, 6.07) is 5.03. The number of anilines is 3. The van der Waals surface area contributed by atoms with E-state index in [1.165, 1.54) is 20.5 Å². The number of likely N-dealkylation sites (N-methyl/N-ethyl adjacent to an activating group) is 1. The Balaban J connectivity index is 2.48. The van der Waals surface area contributed by atoms with Crippen molar-refractivity contribution in [1.29, 1.82) is 0 Å². The van der Waals surface area contributed by atoms with Crippen LogP contribution in [0.2, 0.25) is 0 Å². The zero-order chi connectivity index (χ0) is 19.1. The smallest absolute Gasteiger partial charge is 0.353 e. The van der Waals surface area contributed by atoms with E-state index < -0.39 is 4.92 Å². The molecule has 0 bridgehead atoms. The molecule has 26 heavy (non-hydrogen) atoms. The predicted octanol–water partition coefficient (Wildman–Crippen LogP) is 1.96. The van der Waals surface area contributed by atoms with Gasteiger partial charge in [-0.3, -0.25) is 10.1 Å². The van der Waals surface area contributed by atoms with E-state index in [-0.39, 0.29) is 30.5 Å². The Morgan fingerprint density at radius 3 is 2.65 bits per heavy atom. The van der Waals surface area contributed by atoms with E-state index in [9.17, 15) is 15.2 Å². The van der Waals surface area contributed by atoms with Gasteiger partial charge in [0.25, 0.3) is 0 Å². The molecular weight excluding hydrogens is 342 g/mol. The molecule has 10 nitrogen and oxygen atoms in total.